The topological polar surface area (TPSA) is 93.2 Å². The summed E-state index contributed by atoms with van der Waals surface area (Å²) in [5.41, 5.74) is 0.858. The lowest BCUT2D eigenvalue weighted by atomic mass is 9.92. The lowest BCUT2D eigenvalue weighted by Crippen LogP contribution is -2.44. The molecule has 0 unspecified atom stereocenters. The Bertz CT molecular complexity index is 1120. The summed E-state index contributed by atoms with van der Waals surface area (Å²) < 4.78 is 10.6. The van der Waals surface area contributed by atoms with Gasteiger partial charge in [-0.2, -0.15) is 0 Å². The summed E-state index contributed by atoms with van der Waals surface area (Å²) in [6.07, 6.45) is 1.07. The number of imide groups is 1. The minimum atomic E-state index is -0.714. The van der Waals surface area contributed by atoms with Crippen LogP contribution >= 0.6 is 0 Å². The van der Waals surface area contributed by atoms with Gasteiger partial charge in [0.05, 0.1) is 29.0 Å². The maximum Gasteiger partial charge on any atom is 0.338 e. The molecule has 34 heavy (non-hydrogen) atoms. The molecule has 2 aromatic carbocycles. The number of likely N-dealkylation sites (tertiary alicyclic amines) is 1. The van der Waals surface area contributed by atoms with E-state index in [9.17, 15) is 19.2 Å². The van der Waals surface area contributed by atoms with E-state index in [0.717, 1.165) is 11.3 Å². The SMILES string of the molecule is CCOc1ccc(N2C(=O)c3ccc(C(=O)OCC(=O)N4C[C@H](C)C[C@@H](C)C4)cc3C2=O)cc1. The number of nitrogens with zero attached hydrogens (tertiary/aromatic N) is 2. The highest BCUT2D eigenvalue weighted by molar-refractivity contribution is 6.34. The summed E-state index contributed by atoms with van der Waals surface area (Å²) in [5.74, 6) is -0.492. The Hall–Kier alpha value is -3.68. The summed E-state index contributed by atoms with van der Waals surface area (Å²) in [5, 5.41) is 0. The van der Waals surface area contributed by atoms with Gasteiger partial charge in [-0.25, -0.2) is 9.69 Å². The van der Waals surface area contributed by atoms with E-state index >= 15 is 0 Å². The fourth-order valence-corrected chi connectivity index (χ4v) is 4.63. The molecule has 8 nitrogen and oxygen atoms in total. The number of anilines is 1. The largest absolute Gasteiger partial charge is 0.494 e. The standard InChI is InChI=1S/C26H28N2O6/c1-4-33-20-8-6-19(7-9-20)28-24(30)21-10-5-18(12-22(21)25(28)31)26(32)34-15-23(29)27-13-16(2)11-17(3)14-27/h5-10,12,16-17H,4,11,13-15H2,1-3H3/t16-,17-/m1/s1. The van der Waals surface area contributed by atoms with Crippen LogP contribution in [0, 0.1) is 11.8 Å². The molecule has 0 N–H and O–H groups in total. The number of ether oxygens (including phenoxy) is 2. The molecule has 0 aromatic heterocycles. The van der Waals surface area contributed by atoms with E-state index in [1.165, 1.54) is 18.2 Å². The Morgan fingerprint density at radius 2 is 1.59 bits per heavy atom. The lowest BCUT2D eigenvalue weighted by molar-refractivity contribution is -0.137. The van der Waals surface area contributed by atoms with Gasteiger partial charge in [-0.3, -0.25) is 14.4 Å². The molecule has 2 aromatic rings. The van der Waals surface area contributed by atoms with Crippen LogP contribution in [0.3, 0.4) is 0 Å². The van der Waals surface area contributed by atoms with E-state index in [-0.39, 0.29) is 29.2 Å². The summed E-state index contributed by atoms with van der Waals surface area (Å²) >= 11 is 0. The van der Waals surface area contributed by atoms with Gasteiger partial charge in [-0.05, 0) is 67.6 Å². The van der Waals surface area contributed by atoms with Gasteiger partial charge in [0.1, 0.15) is 5.75 Å². The predicted molar refractivity (Wildman–Crippen MR) is 125 cm³/mol. The fraction of sp³-hybridized carbons (Fsp3) is 0.385. The summed E-state index contributed by atoms with van der Waals surface area (Å²) in [6.45, 7) is 7.51. The lowest BCUT2D eigenvalue weighted by Gasteiger charge is -2.34. The van der Waals surface area contributed by atoms with Crippen LogP contribution in [0.4, 0.5) is 5.69 Å². The molecular weight excluding hydrogens is 436 g/mol. The number of esters is 1. The van der Waals surface area contributed by atoms with Crippen LogP contribution < -0.4 is 9.64 Å². The fourth-order valence-electron chi connectivity index (χ4n) is 4.63. The first kappa shape index (κ1) is 23.5. The first-order valence-corrected chi connectivity index (χ1v) is 11.5. The number of benzene rings is 2. The molecular formula is C26H28N2O6. The van der Waals surface area contributed by atoms with Crippen molar-refractivity contribution in [2.45, 2.75) is 27.2 Å². The maximum absolute atomic E-state index is 13.0. The highest BCUT2D eigenvalue weighted by atomic mass is 16.5. The van der Waals surface area contributed by atoms with Crippen LogP contribution in [0.1, 0.15) is 58.3 Å². The molecule has 0 bridgehead atoms. The molecule has 178 valence electrons. The molecule has 0 radical (unpaired) electrons. The Labute approximate surface area is 198 Å². The third-order valence-corrected chi connectivity index (χ3v) is 6.08. The zero-order chi connectivity index (χ0) is 24.4. The zero-order valence-electron chi connectivity index (χ0n) is 19.6. The molecule has 0 spiro atoms. The highest BCUT2D eigenvalue weighted by Crippen LogP contribution is 2.30. The molecule has 8 heteroatoms. The van der Waals surface area contributed by atoms with Crippen molar-refractivity contribution in [3.05, 3.63) is 59.2 Å². The van der Waals surface area contributed by atoms with Gasteiger partial charge in [0.2, 0.25) is 0 Å². The Kier molecular flexibility index (Phi) is 6.68. The Balaban J connectivity index is 1.44. The first-order chi connectivity index (χ1) is 16.3. The zero-order valence-corrected chi connectivity index (χ0v) is 19.6. The maximum atomic E-state index is 13.0. The van der Waals surface area contributed by atoms with Gasteiger partial charge in [0, 0.05) is 13.1 Å². The number of hydrogen-bond acceptors (Lipinski definition) is 6. The van der Waals surface area contributed by atoms with Gasteiger partial charge in [0.15, 0.2) is 6.61 Å². The second kappa shape index (κ2) is 9.67. The van der Waals surface area contributed by atoms with E-state index in [4.69, 9.17) is 9.47 Å². The first-order valence-electron chi connectivity index (χ1n) is 11.5. The molecule has 2 atom stereocenters. The molecule has 2 aliphatic heterocycles. The van der Waals surface area contributed by atoms with Crippen molar-refractivity contribution in [3.63, 3.8) is 0 Å². The van der Waals surface area contributed by atoms with E-state index in [1.54, 1.807) is 29.2 Å². The van der Waals surface area contributed by atoms with Crippen LogP contribution in [-0.4, -0.2) is 54.9 Å². The van der Waals surface area contributed by atoms with Crippen molar-refractivity contribution < 1.29 is 28.7 Å². The van der Waals surface area contributed by atoms with Crippen LogP contribution in [0.15, 0.2) is 42.5 Å². The number of carbonyl (C=O) groups is 4. The van der Waals surface area contributed by atoms with Gasteiger partial charge in [-0.15, -0.1) is 0 Å². The van der Waals surface area contributed by atoms with E-state index < -0.39 is 17.8 Å². The van der Waals surface area contributed by atoms with Crippen LogP contribution in [0.25, 0.3) is 0 Å². The van der Waals surface area contributed by atoms with Gasteiger partial charge in [-0.1, -0.05) is 13.8 Å². The molecule has 1 saturated heterocycles. The summed E-state index contributed by atoms with van der Waals surface area (Å²) in [6, 6.07) is 10.9. The quantitative estimate of drug-likeness (QED) is 0.480. The number of rotatable bonds is 6. The second-order valence-electron chi connectivity index (χ2n) is 8.95. The Morgan fingerprint density at radius 3 is 2.24 bits per heavy atom. The number of carbonyl (C=O) groups excluding carboxylic acids is 4. The molecule has 2 heterocycles. The normalized spacial score (nSPS) is 19.7. The molecule has 0 aliphatic carbocycles. The number of fused-ring (bicyclic) bond motifs is 1. The van der Waals surface area contributed by atoms with E-state index in [1.807, 2.05) is 6.92 Å². The minimum absolute atomic E-state index is 0.113. The third kappa shape index (κ3) is 4.66. The highest BCUT2D eigenvalue weighted by Gasteiger charge is 2.37. The molecule has 3 amide bonds. The van der Waals surface area contributed by atoms with Crippen molar-refractivity contribution >= 4 is 29.4 Å². The van der Waals surface area contributed by atoms with Crippen molar-refractivity contribution in [2.24, 2.45) is 11.8 Å². The van der Waals surface area contributed by atoms with Crippen LogP contribution in [-0.2, 0) is 9.53 Å². The minimum Gasteiger partial charge on any atom is -0.494 e. The van der Waals surface area contributed by atoms with E-state index in [0.29, 0.717) is 43.0 Å². The number of amides is 3. The summed E-state index contributed by atoms with van der Waals surface area (Å²) in [4.78, 5) is 53.7. The molecule has 1 fully saturated rings. The van der Waals surface area contributed by atoms with Crippen molar-refractivity contribution in [2.75, 3.05) is 31.2 Å². The third-order valence-electron chi connectivity index (χ3n) is 6.08. The number of piperidine rings is 1. The van der Waals surface area contributed by atoms with Crippen molar-refractivity contribution in [3.8, 4) is 5.75 Å². The van der Waals surface area contributed by atoms with Crippen molar-refractivity contribution in [1.82, 2.24) is 4.90 Å². The monoisotopic (exact) mass is 464 g/mol. The molecule has 0 saturated carbocycles. The Morgan fingerprint density at radius 1 is 0.941 bits per heavy atom. The van der Waals surface area contributed by atoms with Gasteiger partial charge >= 0.3 is 5.97 Å². The molecule has 4 rings (SSSR count). The predicted octanol–water partition coefficient (Wildman–Crippen LogP) is 3.55. The smallest absolute Gasteiger partial charge is 0.338 e. The average Bonchev–Trinajstić information content (AvgIpc) is 3.07. The average molecular weight is 465 g/mol. The summed E-state index contributed by atoms with van der Waals surface area (Å²) in [7, 11) is 0. The number of hydrogen-bond donors (Lipinski definition) is 0. The van der Waals surface area contributed by atoms with Gasteiger partial charge in [0.25, 0.3) is 17.7 Å². The van der Waals surface area contributed by atoms with Crippen molar-refractivity contribution in [1.29, 1.82) is 0 Å². The second-order valence-corrected chi connectivity index (χ2v) is 8.95. The molecule has 2 aliphatic rings. The van der Waals surface area contributed by atoms with Gasteiger partial charge < -0.3 is 14.4 Å². The van der Waals surface area contributed by atoms with Crippen LogP contribution in [0.2, 0.25) is 0 Å². The van der Waals surface area contributed by atoms with E-state index in [2.05, 4.69) is 13.8 Å². The van der Waals surface area contributed by atoms with Crippen LogP contribution in [0.5, 0.6) is 5.75 Å².